The summed E-state index contributed by atoms with van der Waals surface area (Å²) >= 11 is 0. The summed E-state index contributed by atoms with van der Waals surface area (Å²) in [6.45, 7) is 6.05. The van der Waals surface area contributed by atoms with E-state index < -0.39 is 0 Å². The molecule has 0 saturated carbocycles. The Labute approximate surface area is 96.1 Å². The summed E-state index contributed by atoms with van der Waals surface area (Å²) in [6.07, 6.45) is 3.40. The summed E-state index contributed by atoms with van der Waals surface area (Å²) in [6, 6.07) is 5.60. The molecule has 2 N–H and O–H groups in total. The number of anilines is 1. The van der Waals surface area contributed by atoms with Crippen molar-refractivity contribution in [3.8, 4) is 11.8 Å². The largest absolute Gasteiger partial charge is 0.487 e. The van der Waals surface area contributed by atoms with Crippen molar-refractivity contribution < 1.29 is 4.74 Å². The van der Waals surface area contributed by atoms with E-state index >= 15 is 0 Å². The van der Waals surface area contributed by atoms with Gasteiger partial charge in [0.2, 0.25) is 0 Å². The average molecular weight is 216 g/mol. The van der Waals surface area contributed by atoms with Crippen molar-refractivity contribution >= 4 is 5.69 Å². The van der Waals surface area contributed by atoms with Gasteiger partial charge in [-0.15, -0.1) is 0 Å². The van der Waals surface area contributed by atoms with Crippen LogP contribution in [-0.4, -0.2) is 6.61 Å². The molecule has 1 rings (SSSR count). The van der Waals surface area contributed by atoms with Crippen LogP contribution in [0.1, 0.15) is 24.5 Å². The Kier molecular flexibility index (Phi) is 4.41. The quantitative estimate of drug-likeness (QED) is 0.608. The smallest absolute Gasteiger partial charge is 0.147 e. The lowest BCUT2D eigenvalue weighted by Gasteiger charge is -2.13. The maximum Gasteiger partial charge on any atom is 0.147 e. The van der Waals surface area contributed by atoms with E-state index in [2.05, 4.69) is 19.6 Å². The van der Waals surface area contributed by atoms with E-state index in [4.69, 9.17) is 15.7 Å². The molecule has 0 fully saturated rings. The second-order valence-electron chi connectivity index (χ2n) is 3.47. The fourth-order valence-corrected chi connectivity index (χ4v) is 1.56. The van der Waals surface area contributed by atoms with Crippen LogP contribution >= 0.6 is 0 Å². The fourth-order valence-electron chi connectivity index (χ4n) is 1.56. The normalized spacial score (nSPS) is 9.50. The number of nitrogens with two attached hydrogens (primary N) is 1. The van der Waals surface area contributed by atoms with Crippen molar-refractivity contribution in [3.05, 3.63) is 35.9 Å². The molecule has 0 unspecified atom stereocenters. The minimum Gasteiger partial charge on any atom is -0.487 e. The lowest BCUT2D eigenvalue weighted by atomic mass is 10.0. The number of nitrogens with zero attached hydrogens (tertiary/aromatic N) is 1. The predicted octanol–water partition coefficient (Wildman–Crippen LogP) is 2.66. The number of hydrogen-bond acceptors (Lipinski definition) is 3. The molecule has 3 heteroatoms. The first-order valence-electron chi connectivity index (χ1n) is 5.29. The number of nitriles is 1. The van der Waals surface area contributed by atoms with E-state index in [1.165, 1.54) is 0 Å². The number of ether oxygens (including phenoxy) is 1. The molecule has 0 heterocycles. The van der Waals surface area contributed by atoms with Crippen LogP contribution in [0.15, 0.2) is 24.8 Å². The second-order valence-corrected chi connectivity index (χ2v) is 3.47. The zero-order chi connectivity index (χ0) is 12.0. The second kappa shape index (κ2) is 5.82. The van der Waals surface area contributed by atoms with E-state index in [9.17, 15) is 0 Å². The van der Waals surface area contributed by atoms with Gasteiger partial charge in [0, 0.05) is 5.56 Å². The number of nitrogen functional groups attached to an aromatic ring is 1. The van der Waals surface area contributed by atoms with E-state index in [1.807, 2.05) is 0 Å². The first-order valence-corrected chi connectivity index (χ1v) is 5.29. The van der Waals surface area contributed by atoms with Crippen LogP contribution < -0.4 is 10.5 Å². The third-order valence-electron chi connectivity index (χ3n) is 2.26. The molecular weight excluding hydrogens is 200 g/mol. The van der Waals surface area contributed by atoms with Crippen LogP contribution in [0.2, 0.25) is 0 Å². The third-order valence-corrected chi connectivity index (χ3v) is 2.26. The topological polar surface area (TPSA) is 59.0 Å². The highest BCUT2D eigenvalue weighted by Crippen LogP contribution is 2.30. The van der Waals surface area contributed by atoms with Crippen molar-refractivity contribution in [1.29, 1.82) is 5.26 Å². The van der Waals surface area contributed by atoms with Crippen molar-refractivity contribution in [2.24, 2.45) is 0 Å². The standard InChI is InChI=1S/C13H16N2O/c1-3-5-11-10(9-14)6-7-12(15)13(11)16-8-4-2/h4,6-7H,2-3,5,8,15H2,1H3. The molecule has 1 aromatic rings. The van der Waals surface area contributed by atoms with Gasteiger partial charge in [0.15, 0.2) is 0 Å². The van der Waals surface area contributed by atoms with E-state index in [0.29, 0.717) is 23.6 Å². The highest BCUT2D eigenvalue weighted by atomic mass is 16.5. The summed E-state index contributed by atoms with van der Waals surface area (Å²) in [5.74, 6) is 0.626. The van der Waals surface area contributed by atoms with Crippen LogP contribution in [0.25, 0.3) is 0 Å². The SMILES string of the molecule is C=CCOc1c(N)ccc(C#N)c1CCC. The molecule has 0 aliphatic heterocycles. The highest BCUT2D eigenvalue weighted by Gasteiger charge is 2.12. The maximum absolute atomic E-state index is 9.02. The van der Waals surface area contributed by atoms with Gasteiger partial charge in [0.25, 0.3) is 0 Å². The Bertz CT molecular complexity index is 419. The summed E-state index contributed by atoms with van der Waals surface area (Å²) in [4.78, 5) is 0. The molecule has 16 heavy (non-hydrogen) atoms. The molecule has 0 aromatic heterocycles. The Balaban J connectivity index is 3.19. The van der Waals surface area contributed by atoms with Crippen LogP contribution in [0.3, 0.4) is 0 Å². The first-order chi connectivity index (χ1) is 7.74. The van der Waals surface area contributed by atoms with Gasteiger partial charge in [-0.1, -0.05) is 26.0 Å². The zero-order valence-electron chi connectivity index (χ0n) is 9.49. The minimum atomic E-state index is 0.399. The van der Waals surface area contributed by atoms with Crippen molar-refractivity contribution in [1.82, 2.24) is 0 Å². The lowest BCUT2D eigenvalue weighted by Crippen LogP contribution is -2.03. The van der Waals surface area contributed by atoms with Crippen LogP contribution in [0, 0.1) is 11.3 Å². The molecule has 0 atom stereocenters. The van der Waals surface area contributed by atoms with Gasteiger partial charge in [-0.25, -0.2) is 0 Å². The zero-order valence-corrected chi connectivity index (χ0v) is 9.49. The van der Waals surface area contributed by atoms with E-state index in [0.717, 1.165) is 18.4 Å². The number of rotatable bonds is 5. The van der Waals surface area contributed by atoms with Gasteiger partial charge in [-0.2, -0.15) is 5.26 Å². The highest BCUT2D eigenvalue weighted by molar-refractivity contribution is 5.62. The van der Waals surface area contributed by atoms with Crippen LogP contribution in [0.5, 0.6) is 5.75 Å². The molecule has 0 radical (unpaired) electrons. The molecule has 0 bridgehead atoms. The van der Waals surface area contributed by atoms with Gasteiger partial charge < -0.3 is 10.5 Å². The molecule has 3 nitrogen and oxygen atoms in total. The molecule has 84 valence electrons. The fraction of sp³-hybridized carbons (Fsp3) is 0.308. The summed E-state index contributed by atoms with van der Waals surface area (Å²) < 4.78 is 5.52. The van der Waals surface area contributed by atoms with E-state index in [1.54, 1.807) is 18.2 Å². The molecule has 0 saturated heterocycles. The molecular formula is C13H16N2O. The monoisotopic (exact) mass is 216 g/mol. The molecule has 0 aliphatic rings. The van der Waals surface area contributed by atoms with Crippen LogP contribution in [0.4, 0.5) is 5.69 Å². The first kappa shape index (κ1) is 12.1. The molecule has 1 aromatic carbocycles. The molecule has 0 spiro atoms. The summed E-state index contributed by atoms with van der Waals surface area (Å²) in [5, 5.41) is 9.02. The van der Waals surface area contributed by atoms with Gasteiger partial charge in [-0.3, -0.25) is 0 Å². The van der Waals surface area contributed by atoms with Crippen LogP contribution in [-0.2, 0) is 6.42 Å². The summed E-state index contributed by atoms with van der Waals surface area (Å²) in [7, 11) is 0. The Morgan fingerprint density at radius 3 is 2.88 bits per heavy atom. The number of benzene rings is 1. The Morgan fingerprint density at radius 2 is 2.31 bits per heavy atom. The van der Waals surface area contributed by atoms with E-state index in [-0.39, 0.29) is 0 Å². The summed E-state index contributed by atoms with van der Waals surface area (Å²) in [5.41, 5.74) is 7.95. The predicted molar refractivity (Wildman–Crippen MR) is 65.3 cm³/mol. The molecule has 0 aliphatic carbocycles. The van der Waals surface area contributed by atoms with Gasteiger partial charge >= 0.3 is 0 Å². The third kappa shape index (κ3) is 2.54. The van der Waals surface area contributed by atoms with Crippen molar-refractivity contribution in [3.63, 3.8) is 0 Å². The minimum absolute atomic E-state index is 0.399. The lowest BCUT2D eigenvalue weighted by molar-refractivity contribution is 0.361. The molecule has 0 amide bonds. The maximum atomic E-state index is 9.02. The number of hydrogen-bond donors (Lipinski definition) is 1. The van der Waals surface area contributed by atoms with Gasteiger partial charge in [0.1, 0.15) is 12.4 Å². The van der Waals surface area contributed by atoms with Gasteiger partial charge in [-0.05, 0) is 18.6 Å². The average Bonchev–Trinajstić information content (AvgIpc) is 2.29. The van der Waals surface area contributed by atoms with Crippen molar-refractivity contribution in [2.75, 3.05) is 12.3 Å². The van der Waals surface area contributed by atoms with Gasteiger partial charge in [0.05, 0.1) is 17.3 Å². The van der Waals surface area contributed by atoms with Crippen molar-refractivity contribution in [2.45, 2.75) is 19.8 Å². The Hall–Kier alpha value is -1.95. The Morgan fingerprint density at radius 1 is 1.56 bits per heavy atom.